The van der Waals surface area contributed by atoms with Gasteiger partial charge in [0.05, 0.1) is 43.9 Å². The fraction of sp³-hybridized carbons (Fsp3) is 0.884. The zero-order valence-electron chi connectivity index (χ0n) is 34.3. The van der Waals surface area contributed by atoms with Gasteiger partial charge in [-0.3, -0.25) is 4.79 Å². The summed E-state index contributed by atoms with van der Waals surface area (Å²) in [7, 11) is 0. The number of aromatic nitrogens is 3. The summed E-state index contributed by atoms with van der Waals surface area (Å²) in [5.41, 5.74) is 6.71. The number of carboxylic acids is 1. The highest BCUT2D eigenvalue weighted by atomic mass is 16.5. The molecule has 5 fully saturated rings. The molecule has 0 unspecified atom stereocenters. The first-order valence-corrected chi connectivity index (χ1v) is 20.7. The molecule has 7 rings (SSSR count). The van der Waals surface area contributed by atoms with E-state index in [0.29, 0.717) is 43.5 Å². The summed E-state index contributed by atoms with van der Waals surface area (Å²) >= 11 is 0. The van der Waals surface area contributed by atoms with Crippen LogP contribution in [0.15, 0.2) is 18.0 Å². The van der Waals surface area contributed by atoms with Gasteiger partial charge in [0.25, 0.3) is 0 Å². The monoisotopic (exact) mass is 722 g/mol. The summed E-state index contributed by atoms with van der Waals surface area (Å²) in [6.45, 7) is 27.9. The molecule has 292 valence electrons. The first-order valence-electron chi connectivity index (χ1n) is 20.7. The van der Waals surface area contributed by atoms with E-state index in [-0.39, 0.29) is 50.7 Å². The largest absolute Gasteiger partial charge is 0.481 e. The van der Waals surface area contributed by atoms with Crippen LogP contribution in [0.3, 0.4) is 0 Å². The van der Waals surface area contributed by atoms with E-state index >= 15 is 0 Å². The molecule has 3 heterocycles. The van der Waals surface area contributed by atoms with Gasteiger partial charge in [-0.15, -0.1) is 0 Å². The molecule has 3 saturated carbocycles. The Bertz CT molecular complexity index is 1560. The third-order valence-electron chi connectivity index (χ3n) is 17.7. The van der Waals surface area contributed by atoms with Gasteiger partial charge in [0.15, 0.2) is 0 Å². The van der Waals surface area contributed by atoms with Gasteiger partial charge in [-0.05, 0) is 110 Å². The van der Waals surface area contributed by atoms with Gasteiger partial charge in [0.1, 0.15) is 12.2 Å². The Morgan fingerprint density at radius 1 is 1.10 bits per heavy atom. The van der Waals surface area contributed by atoms with E-state index < -0.39 is 17.4 Å². The second-order valence-corrected chi connectivity index (χ2v) is 21.2. The maximum Gasteiger partial charge on any atom is 0.307 e. The minimum atomic E-state index is -0.611. The lowest BCUT2D eigenvalue weighted by atomic mass is 9.34. The van der Waals surface area contributed by atoms with Crippen LogP contribution in [0.4, 0.5) is 0 Å². The Morgan fingerprint density at radius 3 is 2.46 bits per heavy atom. The van der Waals surface area contributed by atoms with Crippen molar-refractivity contribution in [2.75, 3.05) is 26.4 Å². The third-order valence-corrected chi connectivity index (χ3v) is 17.7. The van der Waals surface area contributed by atoms with Crippen LogP contribution in [-0.2, 0) is 14.3 Å². The Hall–Kier alpha value is -1.81. The molecule has 1 aromatic heterocycles. The van der Waals surface area contributed by atoms with Gasteiger partial charge < -0.3 is 25.6 Å². The van der Waals surface area contributed by atoms with E-state index in [1.165, 1.54) is 0 Å². The average Bonchev–Trinajstić information content (AvgIpc) is 3.76. The minimum absolute atomic E-state index is 0.0325. The predicted molar refractivity (Wildman–Crippen MR) is 204 cm³/mol. The number of carboxylic acid groups (broad SMARTS) is 1. The van der Waals surface area contributed by atoms with Crippen LogP contribution >= 0.6 is 0 Å². The first kappa shape index (κ1) is 38.5. The minimum Gasteiger partial charge on any atom is -0.481 e. The smallest absolute Gasteiger partial charge is 0.307 e. The number of hydrogen-bond acceptors (Lipinski definition) is 7. The standard InChI is InChI=1S/C43H71N5O4/c1-26(2)27(3)38(7)18-19-40(9)28-14-15-32-39(8)22-51-24-43(32,29(28)16-17-41(40,10)33(38)36(49)50)21-31(34(39)52-23-42(11,44)37(4,5)6)48-35(46-25-47-48)30-13-12-20-45-30/h16,25-28,30-34,45H,12-15,17-24,44H2,1-11H3,(H,49,50)/t27-,28+,30+,31-,32+,33-,34+,38-,39-,40-,41+,42+,43+/m1/s1. The van der Waals surface area contributed by atoms with Gasteiger partial charge in [-0.25, -0.2) is 9.67 Å². The highest BCUT2D eigenvalue weighted by molar-refractivity contribution is 5.73. The molecule has 0 aromatic carbocycles. The van der Waals surface area contributed by atoms with Gasteiger partial charge >= 0.3 is 5.97 Å². The molecule has 52 heavy (non-hydrogen) atoms. The summed E-state index contributed by atoms with van der Waals surface area (Å²) in [6.07, 6.45) is 12.2. The second-order valence-electron chi connectivity index (χ2n) is 21.2. The number of nitrogens with one attached hydrogen (secondary N) is 1. The second kappa shape index (κ2) is 12.6. The van der Waals surface area contributed by atoms with Crippen molar-refractivity contribution in [3.05, 3.63) is 23.8 Å². The maximum atomic E-state index is 13.6. The van der Waals surface area contributed by atoms with E-state index in [4.69, 9.17) is 25.3 Å². The van der Waals surface area contributed by atoms with Gasteiger partial charge in [-0.2, -0.15) is 5.10 Å². The molecule has 0 radical (unpaired) electrons. The third kappa shape index (κ3) is 5.31. The quantitative estimate of drug-likeness (QED) is 0.231. The Morgan fingerprint density at radius 2 is 1.83 bits per heavy atom. The average molecular weight is 722 g/mol. The lowest BCUT2D eigenvalue weighted by Crippen LogP contribution is -2.69. The van der Waals surface area contributed by atoms with Crippen molar-refractivity contribution in [3.63, 3.8) is 0 Å². The molecule has 13 atom stereocenters. The molecular weight excluding hydrogens is 651 g/mol. The van der Waals surface area contributed by atoms with Gasteiger partial charge in [-0.1, -0.05) is 80.9 Å². The Kier molecular flexibility index (Phi) is 9.33. The molecule has 9 nitrogen and oxygen atoms in total. The van der Waals surface area contributed by atoms with Crippen LogP contribution in [-0.4, -0.2) is 63.8 Å². The molecule has 2 aliphatic heterocycles. The number of ether oxygens (including phenoxy) is 2. The molecule has 4 aliphatic carbocycles. The number of aliphatic carboxylic acids is 1. The topological polar surface area (TPSA) is 125 Å². The van der Waals surface area contributed by atoms with Crippen molar-refractivity contribution in [3.8, 4) is 0 Å². The van der Waals surface area contributed by atoms with Crippen LogP contribution in [0.1, 0.15) is 145 Å². The number of hydrogen-bond donors (Lipinski definition) is 3. The van der Waals surface area contributed by atoms with Crippen molar-refractivity contribution >= 4 is 5.97 Å². The lowest BCUT2D eigenvalue weighted by molar-refractivity contribution is -0.253. The van der Waals surface area contributed by atoms with Crippen LogP contribution in [0.2, 0.25) is 0 Å². The molecule has 6 aliphatic rings. The van der Waals surface area contributed by atoms with E-state index in [9.17, 15) is 9.90 Å². The van der Waals surface area contributed by atoms with E-state index in [2.05, 4.69) is 92.2 Å². The number of allylic oxidation sites excluding steroid dienone is 1. The fourth-order valence-corrected chi connectivity index (χ4v) is 13.3. The lowest BCUT2D eigenvalue weighted by Gasteiger charge is -2.71. The zero-order chi connectivity index (χ0) is 37.9. The summed E-state index contributed by atoms with van der Waals surface area (Å²) in [6, 6.07) is 0.150. The molecule has 1 aromatic rings. The number of fused-ring (bicyclic) bond motifs is 3. The van der Waals surface area contributed by atoms with Crippen molar-refractivity contribution in [2.24, 2.45) is 67.8 Å². The van der Waals surface area contributed by atoms with Crippen LogP contribution in [0.25, 0.3) is 0 Å². The van der Waals surface area contributed by atoms with E-state index in [1.54, 1.807) is 11.9 Å². The normalized spacial score (nSPS) is 45.0. The number of carbonyl (C=O) groups is 1. The highest BCUT2D eigenvalue weighted by Crippen LogP contribution is 2.75. The Balaban J connectivity index is 1.33. The first-order chi connectivity index (χ1) is 24.2. The van der Waals surface area contributed by atoms with Crippen LogP contribution in [0, 0.1) is 62.1 Å². The van der Waals surface area contributed by atoms with Crippen molar-refractivity contribution in [1.29, 1.82) is 0 Å². The van der Waals surface area contributed by atoms with Crippen LogP contribution in [0.5, 0.6) is 0 Å². The van der Waals surface area contributed by atoms with Crippen molar-refractivity contribution in [2.45, 2.75) is 151 Å². The van der Waals surface area contributed by atoms with Crippen molar-refractivity contribution in [1.82, 2.24) is 20.1 Å². The maximum absolute atomic E-state index is 13.6. The highest BCUT2D eigenvalue weighted by Gasteiger charge is 2.72. The number of nitrogens with two attached hydrogens (primary N) is 1. The Labute approximate surface area is 314 Å². The van der Waals surface area contributed by atoms with Crippen LogP contribution < -0.4 is 11.1 Å². The van der Waals surface area contributed by atoms with E-state index in [1.807, 2.05) is 0 Å². The summed E-state index contributed by atoms with van der Waals surface area (Å²) in [4.78, 5) is 18.5. The zero-order valence-corrected chi connectivity index (χ0v) is 34.3. The molecule has 4 N–H and O–H groups in total. The van der Waals surface area contributed by atoms with Gasteiger partial charge in [0, 0.05) is 16.4 Å². The van der Waals surface area contributed by atoms with E-state index in [0.717, 1.165) is 63.7 Å². The summed E-state index contributed by atoms with van der Waals surface area (Å²) in [5.74, 6) is 1.44. The number of nitrogens with zero attached hydrogens (tertiary/aromatic N) is 3. The molecule has 0 spiro atoms. The SMILES string of the molecule is CC(C)[C@@H](C)[C@@]1(C)CC[C@]2(C)[C@H]3CC[C@@H]4[C@@]5(COC[C@@]4(C)[C@@H](OC[C@](C)(N)C(C)(C)C)[C@H](n4ncnc4[C@@H]4CCCN4)C5)C3=CC[C@@]2(C)[C@@H]1C(=O)O. The molecule has 9 heteroatoms. The molecule has 0 amide bonds. The molecule has 2 bridgehead atoms. The summed E-state index contributed by atoms with van der Waals surface area (Å²) in [5, 5.41) is 19.9. The molecule has 2 saturated heterocycles. The molecular formula is C43H71N5O4. The van der Waals surface area contributed by atoms with Gasteiger partial charge in [0.2, 0.25) is 0 Å². The van der Waals surface area contributed by atoms with Crippen molar-refractivity contribution < 1.29 is 19.4 Å². The fourth-order valence-electron chi connectivity index (χ4n) is 13.3. The predicted octanol–water partition coefficient (Wildman–Crippen LogP) is 7.98. The number of rotatable bonds is 8. The summed E-state index contributed by atoms with van der Waals surface area (Å²) < 4.78 is 16.3.